The van der Waals surface area contributed by atoms with Crippen molar-refractivity contribution < 1.29 is 4.79 Å². The molecule has 0 unspecified atom stereocenters. The smallest absolute Gasteiger partial charge is 0.253 e. The molecule has 0 spiro atoms. The van der Waals surface area contributed by atoms with E-state index in [9.17, 15) is 4.79 Å². The Bertz CT molecular complexity index is 1100. The molecular formula is C33H51N3OSi. The van der Waals surface area contributed by atoms with Gasteiger partial charge in [-0.05, 0) is 56.0 Å². The maximum atomic E-state index is 13.4. The van der Waals surface area contributed by atoms with Crippen LogP contribution in [0.15, 0.2) is 61.2 Å². The molecule has 0 aromatic heterocycles. The van der Waals surface area contributed by atoms with E-state index in [4.69, 9.17) is 0 Å². The normalized spacial score (nSPS) is 20.2. The van der Waals surface area contributed by atoms with Crippen LogP contribution in [0.2, 0.25) is 18.1 Å². The van der Waals surface area contributed by atoms with Gasteiger partial charge in [0.2, 0.25) is 0 Å². The molecule has 1 aliphatic rings. The van der Waals surface area contributed by atoms with Gasteiger partial charge in [0.05, 0.1) is 14.1 Å². The number of nitrogens with zero attached hydrogens (tertiary/aromatic N) is 3. The summed E-state index contributed by atoms with van der Waals surface area (Å²) in [7, 11) is -1.84. The number of amides is 1. The molecule has 0 N–H and O–H groups in total. The summed E-state index contributed by atoms with van der Waals surface area (Å²) in [5.41, 5.74) is 3.40. The van der Waals surface area contributed by atoms with Crippen LogP contribution in [-0.4, -0.2) is 73.5 Å². The predicted molar refractivity (Wildman–Crippen MR) is 166 cm³/mol. The minimum Gasteiger partial charge on any atom is -0.339 e. The standard InChI is InChI=1S/C33H51N3OSi/c1-11-21-35-23-26(5)36(24-25(35)4)31(27-17-16-18-28(22-27)32(37)34(12-2)13-3)29-19-14-15-20-30(29)38(9,10)33(6,7)8/h11,14-20,22,25-26,31H,1,12-13,21,23-24H2,2-10H3/t25-,26+,31-/m1/s1. The van der Waals surface area contributed by atoms with Crippen LogP contribution in [0, 0.1) is 0 Å². The molecular weight excluding hydrogens is 482 g/mol. The van der Waals surface area contributed by atoms with Crippen molar-refractivity contribution in [1.82, 2.24) is 14.7 Å². The maximum absolute atomic E-state index is 13.4. The van der Waals surface area contributed by atoms with Gasteiger partial charge in [-0.2, -0.15) is 0 Å². The predicted octanol–water partition coefficient (Wildman–Crippen LogP) is 6.55. The van der Waals surface area contributed by atoms with Crippen LogP contribution in [0.3, 0.4) is 0 Å². The van der Waals surface area contributed by atoms with Crippen molar-refractivity contribution in [3.05, 3.63) is 77.9 Å². The van der Waals surface area contributed by atoms with Gasteiger partial charge in [0.15, 0.2) is 0 Å². The lowest BCUT2D eigenvalue weighted by Gasteiger charge is -2.49. The van der Waals surface area contributed by atoms with Crippen molar-refractivity contribution in [3.8, 4) is 0 Å². The van der Waals surface area contributed by atoms with Gasteiger partial charge in [0, 0.05) is 50.4 Å². The second-order valence-electron chi connectivity index (χ2n) is 12.6. The van der Waals surface area contributed by atoms with Crippen molar-refractivity contribution in [2.45, 2.75) is 84.7 Å². The van der Waals surface area contributed by atoms with E-state index in [1.165, 1.54) is 16.3 Å². The van der Waals surface area contributed by atoms with E-state index in [0.717, 1.165) is 38.3 Å². The number of benzene rings is 2. The molecule has 3 atom stereocenters. The molecule has 2 aromatic rings. The molecule has 1 amide bonds. The highest BCUT2D eigenvalue weighted by Crippen LogP contribution is 2.39. The van der Waals surface area contributed by atoms with Crippen LogP contribution in [-0.2, 0) is 0 Å². The van der Waals surface area contributed by atoms with Gasteiger partial charge in [-0.15, -0.1) is 6.58 Å². The lowest BCUT2D eigenvalue weighted by atomic mass is 9.92. The highest BCUT2D eigenvalue weighted by Gasteiger charge is 2.42. The van der Waals surface area contributed by atoms with Gasteiger partial charge in [0.1, 0.15) is 0 Å². The molecule has 0 saturated carbocycles. The molecule has 0 radical (unpaired) electrons. The van der Waals surface area contributed by atoms with Crippen molar-refractivity contribution in [3.63, 3.8) is 0 Å². The summed E-state index contributed by atoms with van der Waals surface area (Å²) >= 11 is 0. The molecule has 4 nitrogen and oxygen atoms in total. The third kappa shape index (κ3) is 6.16. The fraction of sp³-hybridized carbons (Fsp3) is 0.545. The van der Waals surface area contributed by atoms with Gasteiger partial charge in [-0.3, -0.25) is 14.6 Å². The average molecular weight is 534 g/mol. The first-order valence-corrected chi connectivity index (χ1v) is 17.5. The number of piperazine rings is 1. The molecule has 1 aliphatic heterocycles. The minimum absolute atomic E-state index is 0.0908. The number of hydrogen-bond donors (Lipinski definition) is 0. The molecule has 1 heterocycles. The van der Waals surface area contributed by atoms with Gasteiger partial charge >= 0.3 is 0 Å². The fourth-order valence-corrected chi connectivity index (χ4v) is 8.06. The Balaban J connectivity index is 2.21. The maximum Gasteiger partial charge on any atom is 0.253 e. The van der Waals surface area contributed by atoms with E-state index in [1.807, 2.05) is 17.0 Å². The van der Waals surface area contributed by atoms with Crippen molar-refractivity contribution in [2.24, 2.45) is 0 Å². The van der Waals surface area contributed by atoms with E-state index in [-0.39, 0.29) is 17.0 Å². The van der Waals surface area contributed by atoms with Gasteiger partial charge in [0.25, 0.3) is 5.91 Å². The largest absolute Gasteiger partial charge is 0.339 e. The monoisotopic (exact) mass is 533 g/mol. The summed E-state index contributed by atoms with van der Waals surface area (Å²) in [4.78, 5) is 20.5. The Labute approximate surface area is 233 Å². The van der Waals surface area contributed by atoms with Crippen LogP contribution in [0.4, 0.5) is 0 Å². The highest BCUT2D eigenvalue weighted by molar-refractivity contribution is 6.92. The summed E-state index contributed by atoms with van der Waals surface area (Å²) in [6, 6.07) is 18.5. The van der Waals surface area contributed by atoms with E-state index in [0.29, 0.717) is 12.1 Å². The lowest BCUT2D eigenvalue weighted by molar-refractivity contribution is 0.0308. The molecule has 38 heavy (non-hydrogen) atoms. The second kappa shape index (κ2) is 12.3. The first kappa shape index (κ1) is 30.3. The zero-order valence-corrected chi connectivity index (χ0v) is 26.4. The molecule has 1 saturated heterocycles. The number of rotatable bonds is 9. The third-order valence-electron chi connectivity index (χ3n) is 9.16. The summed E-state index contributed by atoms with van der Waals surface area (Å²) in [5.74, 6) is 0.116. The summed E-state index contributed by atoms with van der Waals surface area (Å²) < 4.78 is 0. The van der Waals surface area contributed by atoms with Crippen LogP contribution in [0.1, 0.15) is 76.0 Å². The summed E-state index contributed by atoms with van der Waals surface area (Å²) in [6.45, 7) is 29.3. The van der Waals surface area contributed by atoms with Crippen molar-refractivity contribution in [2.75, 3.05) is 32.7 Å². The van der Waals surface area contributed by atoms with E-state index in [2.05, 4.69) is 120 Å². The third-order valence-corrected chi connectivity index (χ3v) is 14.7. The number of carbonyl (C=O) groups is 1. The first-order valence-electron chi connectivity index (χ1n) is 14.5. The average Bonchev–Trinajstić information content (AvgIpc) is 2.87. The molecule has 208 valence electrons. The van der Waals surface area contributed by atoms with Crippen molar-refractivity contribution in [1.29, 1.82) is 0 Å². The Hall–Kier alpha value is -2.21. The van der Waals surface area contributed by atoms with Gasteiger partial charge < -0.3 is 4.90 Å². The second-order valence-corrected chi connectivity index (χ2v) is 17.9. The van der Waals surface area contributed by atoms with Gasteiger partial charge in [-0.25, -0.2) is 0 Å². The zero-order chi connectivity index (χ0) is 28.3. The highest BCUT2D eigenvalue weighted by atomic mass is 28.3. The van der Waals surface area contributed by atoms with E-state index in [1.54, 1.807) is 0 Å². The summed E-state index contributed by atoms with van der Waals surface area (Å²) in [6.07, 6.45) is 2.02. The topological polar surface area (TPSA) is 26.8 Å². The SMILES string of the molecule is C=CCN1C[C@H](C)N([C@H](c2cccc(C(=O)N(CC)CC)c2)c2ccccc2[Si](C)(C)C(C)(C)C)C[C@H]1C. The first-order chi connectivity index (χ1) is 17.9. The Morgan fingerprint density at radius 3 is 2.32 bits per heavy atom. The summed E-state index contributed by atoms with van der Waals surface area (Å²) in [5, 5.41) is 1.74. The van der Waals surface area contributed by atoms with Gasteiger partial charge in [-0.1, -0.05) is 81.5 Å². The van der Waals surface area contributed by atoms with Crippen LogP contribution < -0.4 is 5.19 Å². The Morgan fingerprint density at radius 1 is 1.05 bits per heavy atom. The number of carbonyl (C=O) groups excluding carboxylic acids is 1. The molecule has 1 fully saturated rings. The fourth-order valence-electron chi connectivity index (χ4n) is 5.80. The molecule has 5 heteroatoms. The Morgan fingerprint density at radius 2 is 1.71 bits per heavy atom. The van der Waals surface area contributed by atoms with Crippen LogP contribution in [0.25, 0.3) is 0 Å². The molecule has 0 aliphatic carbocycles. The minimum atomic E-state index is -1.84. The quantitative estimate of drug-likeness (QED) is 0.270. The van der Waals surface area contributed by atoms with E-state index >= 15 is 0 Å². The van der Waals surface area contributed by atoms with Crippen molar-refractivity contribution >= 4 is 19.2 Å². The van der Waals surface area contributed by atoms with E-state index < -0.39 is 8.07 Å². The van der Waals surface area contributed by atoms with Crippen LogP contribution in [0.5, 0.6) is 0 Å². The molecule has 2 aromatic carbocycles. The zero-order valence-electron chi connectivity index (χ0n) is 25.4. The Kier molecular flexibility index (Phi) is 9.83. The lowest BCUT2D eigenvalue weighted by Crippen LogP contribution is -2.58. The van der Waals surface area contributed by atoms with Crippen LogP contribution >= 0.6 is 0 Å². The molecule has 0 bridgehead atoms. The molecule has 3 rings (SSSR count). The number of hydrogen-bond acceptors (Lipinski definition) is 3.